The Morgan fingerprint density at radius 1 is 1.39 bits per heavy atom. The van der Waals surface area contributed by atoms with Gasteiger partial charge in [0, 0.05) is 0 Å². The van der Waals surface area contributed by atoms with Crippen LogP contribution >= 0.6 is 11.3 Å². The van der Waals surface area contributed by atoms with E-state index in [-0.39, 0.29) is 22.9 Å². The summed E-state index contributed by atoms with van der Waals surface area (Å²) in [4.78, 5) is 18.0. The zero-order valence-electron chi connectivity index (χ0n) is 11.2. The number of aromatic amines is 1. The van der Waals surface area contributed by atoms with Gasteiger partial charge in [0.05, 0.1) is 17.6 Å². The fraction of sp³-hybridized carbons (Fsp3) is 0.167. The maximum atomic E-state index is 12.8. The van der Waals surface area contributed by atoms with Gasteiger partial charge < -0.3 is 10.4 Å². The molecule has 0 atom stereocenters. The number of aromatic carboxylic acids is 1. The molecule has 0 saturated carbocycles. The second-order valence-electron chi connectivity index (χ2n) is 4.47. The van der Waals surface area contributed by atoms with Gasteiger partial charge in [-0.2, -0.15) is 18.3 Å². The summed E-state index contributed by atoms with van der Waals surface area (Å²) in [6.45, 7) is 0.0412. The quantitative estimate of drug-likeness (QED) is 0.673. The van der Waals surface area contributed by atoms with Crippen molar-refractivity contribution in [3.8, 4) is 0 Å². The molecule has 0 aromatic carbocycles. The first-order valence-electron chi connectivity index (χ1n) is 6.18. The maximum absolute atomic E-state index is 12.8. The monoisotopic (exact) mass is 343 g/mol. The van der Waals surface area contributed by atoms with Crippen molar-refractivity contribution in [1.82, 2.24) is 20.2 Å². The number of rotatable bonds is 4. The van der Waals surface area contributed by atoms with Gasteiger partial charge in [0.1, 0.15) is 10.6 Å². The minimum Gasteiger partial charge on any atom is -0.476 e. The van der Waals surface area contributed by atoms with E-state index in [1.54, 1.807) is 11.4 Å². The van der Waals surface area contributed by atoms with Crippen molar-refractivity contribution in [3.63, 3.8) is 0 Å². The highest BCUT2D eigenvalue weighted by Crippen LogP contribution is 2.32. The molecule has 0 aliphatic heterocycles. The minimum atomic E-state index is -4.65. The molecule has 0 aliphatic carbocycles. The van der Waals surface area contributed by atoms with Crippen LogP contribution in [-0.4, -0.2) is 31.2 Å². The Kier molecular flexibility index (Phi) is 3.64. The van der Waals surface area contributed by atoms with Crippen LogP contribution in [0, 0.1) is 0 Å². The van der Waals surface area contributed by atoms with Crippen LogP contribution in [0.15, 0.2) is 17.5 Å². The highest BCUT2D eigenvalue weighted by atomic mass is 32.1. The molecule has 0 fully saturated rings. The number of aromatic nitrogens is 4. The average Bonchev–Trinajstić information content (AvgIpc) is 3.12. The highest BCUT2D eigenvalue weighted by molar-refractivity contribution is 7.16. The Balaban J connectivity index is 1.89. The predicted octanol–water partition coefficient (Wildman–Crippen LogP) is 2.74. The third kappa shape index (κ3) is 3.08. The summed E-state index contributed by atoms with van der Waals surface area (Å²) in [5.41, 5.74) is 0.221. The Morgan fingerprint density at radius 2 is 2.17 bits per heavy atom. The average molecular weight is 343 g/mol. The fourth-order valence-electron chi connectivity index (χ4n) is 1.86. The molecule has 0 unspecified atom stereocenters. The summed E-state index contributed by atoms with van der Waals surface area (Å²) in [7, 11) is 0. The van der Waals surface area contributed by atoms with Crippen LogP contribution in [0.1, 0.15) is 22.0 Å². The Bertz CT molecular complexity index is 873. The van der Waals surface area contributed by atoms with Crippen molar-refractivity contribution in [2.45, 2.75) is 12.7 Å². The lowest BCUT2D eigenvalue weighted by atomic mass is 10.3. The third-order valence-corrected chi connectivity index (χ3v) is 3.68. The summed E-state index contributed by atoms with van der Waals surface area (Å²) >= 11 is 1.07. The van der Waals surface area contributed by atoms with E-state index in [0.29, 0.717) is 11.1 Å². The van der Waals surface area contributed by atoms with Gasteiger partial charge in [-0.15, -0.1) is 11.3 Å². The molecule has 7 nitrogen and oxygen atoms in total. The van der Waals surface area contributed by atoms with Gasteiger partial charge in [0.2, 0.25) is 5.82 Å². The van der Waals surface area contributed by atoms with Crippen LogP contribution < -0.4 is 5.32 Å². The summed E-state index contributed by atoms with van der Waals surface area (Å²) in [6, 6.07) is 2.89. The van der Waals surface area contributed by atoms with E-state index in [9.17, 15) is 18.0 Å². The van der Waals surface area contributed by atoms with Crippen molar-refractivity contribution < 1.29 is 23.1 Å². The summed E-state index contributed by atoms with van der Waals surface area (Å²) in [5.74, 6) is -2.41. The number of carbonyl (C=O) groups is 1. The normalized spacial score (nSPS) is 11.8. The van der Waals surface area contributed by atoms with Crippen LogP contribution in [0.25, 0.3) is 10.2 Å². The molecule has 11 heteroatoms. The Hall–Kier alpha value is -2.69. The number of carboxylic acid groups (broad SMARTS) is 1. The van der Waals surface area contributed by atoms with Crippen molar-refractivity contribution in [1.29, 1.82) is 0 Å². The summed E-state index contributed by atoms with van der Waals surface area (Å²) in [5, 5.41) is 19.6. The zero-order chi connectivity index (χ0) is 16.6. The first-order valence-corrected chi connectivity index (χ1v) is 7.06. The van der Waals surface area contributed by atoms with E-state index in [1.165, 1.54) is 6.07 Å². The van der Waals surface area contributed by atoms with Crippen LogP contribution in [-0.2, 0) is 12.7 Å². The zero-order valence-corrected chi connectivity index (χ0v) is 12.0. The molecule has 3 aromatic rings. The Labute approximate surface area is 130 Å². The number of nitrogens with zero attached hydrogens (tertiary/aromatic N) is 3. The number of anilines is 1. The lowest BCUT2D eigenvalue weighted by molar-refractivity contribution is -0.144. The van der Waals surface area contributed by atoms with E-state index in [1.807, 2.05) is 0 Å². The predicted molar refractivity (Wildman–Crippen MR) is 75.3 cm³/mol. The van der Waals surface area contributed by atoms with Crippen LogP contribution in [0.3, 0.4) is 0 Å². The fourth-order valence-corrected chi connectivity index (χ4v) is 2.62. The number of carboxylic acids is 1. The van der Waals surface area contributed by atoms with Gasteiger partial charge in [0.15, 0.2) is 5.69 Å². The standard InChI is InChI=1S/C12H8F3N5O2S/c13-12(14,15)11-17-8(6-1-2-23-9(6)18-11)16-4-5-3-7(10(21)22)20-19-5/h1-3H,4H2,(H,19,20)(H,21,22)(H,16,17,18). The van der Waals surface area contributed by atoms with E-state index in [0.717, 1.165) is 11.3 Å². The molecule has 3 rings (SSSR count). The molecule has 23 heavy (non-hydrogen) atoms. The van der Waals surface area contributed by atoms with Crippen molar-refractivity contribution in [2.75, 3.05) is 5.32 Å². The highest BCUT2D eigenvalue weighted by Gasteiger charge is 2.35. The third-order valence-electron chi connectivity index (χ3n) is 2.87. The topological polar surface area (TPSA) is 104 Å². The lowest BCUT2D eigenvalue weighted by Gasteiger charge is -2.09. The van der Waals surface area contributed by atoms with Gasteiger partial charge in [-0.3, -0.25) is 5.10 Å². The molecule has 3 aromatic heterocycles. The number of hydrogen-bond donors (Lipinski definition) is 3. The van der Waals surface area contributed by atoms with Gasteiger partial charge in [-0.05, 0) is 17.5 Å². The number of halogens is 3. The largest absolute Gasteiger partial charge is 0.476 e. The van der Waals surface area contributed by atoms with Crippen molar-refractivity contribution in [2.24, 2.45) is 0 Å². The molecule has 120 valence electrons. The summed E-state index contributed by atoms with van der Waals surface area (Å²) < 4.78 is 38.5. The van der Waals surface area contributed by atoms with Crippen molar-refractivity contribution >= 4 is 33.3 Å². The molecule has 0 spiro atoms. The van der Waals surface area contributed by atoms with E-state index in [4.69, 9.17) is 5.11 Å². The number of nitrogens with one attached hydrogen (secondary N) is 2. The number of H-pyrrole nitrogens is 1. The molecule has 0 radical (unpaired) electrons. The molecule has 0 amide bonds. The molecule has 0 saturated heterocycles. The number of fused-ring (bicyclic) bond motifs is 1. The maximum Gasteiger partial charge on any atom is 0.451 e. The number of alkyl halides is 3. The molecule has 0 aliphatic rings. The SMILES string of the molecule is O=C(O)c1cc(CNc2nc(C(F)(F)F)nc3sccc23)[nH]n1. The number of thiophene rings is 1. The van der Waals surface area contributed by atoms with Crippen molar-refractivity contribution in [3.05, 3.63) is 34.7 Å². The van der Waals surface area contributed by atoms with Crippen LogP contribution in [0.5, 0.6) is 0 Å². The summed E-state index contributed by atoms with van der Waals surface area (Å²) in [6.07, 6.45) is -4.65. The lowest BCUT2D eigenvalue weighted by Crippen LogP contribution is -2.13. The van der Waals surface area contributed by atoms with Crippen LogP contribution in [0.2, 0.25) is 0 Å². The van der Waals surface area contributed by atoms with Crippen LogP contribution in [0.4, 0.5) is 19.0 Å². The van der Waals surface area contributed by atoms with E-state index < -0.39 is 18.0 Å². The van der Waals surface area contributed by atoms with E-state index >= 15 is 0 Å². The minimum absolute atomic E-state index is 0.0232. The number of hydrogen-bond acceptors (Lipinski definition) is 6. The van der Waals surface area contributed by atoms with E-state index in [2.05, 4.69) is 25.5 Å². The first-order chi connectivity index (χ1) is 10.8. The molecule has 3 N–H and O–H groups in total. The molecule has 0 bridgehead atoms. The second-order valence-corrected chi connectivity index (χ2v) is 5.36. The smallest absolute Gasteiger partial charge is 0.451 e. The molecular formula is C12H8F3N5O2S. The molecule has 3 heterocycles. The van der Waals surface area contributed by atoms with Gasteiger partial charge in [-0.25, -0.2) is 14.8 Å². The molecular weight excluding hydrogens is 335 g/mol. The second kappa shape index (κ2) is 5.50. The Morgan fingerprint density at radius 3 is 2.83 bits per heavy atom. The van der Waals surface area contributed by atoms with Gasteiger partial charge in [0.25, 0.3) is 0 Å². The van der Waals surface area contributed by atoms with Gasteiger partial charge in [-0.1, -0.05) is 0 Å². The first kappa shape index (κ1) is 15.2. The van der Waals surface area contributed by atoms with Gasteiger partial charge >= 0.3 is 12.1 Å².